The highest BCUT2D eigenvalue weighted by Gasteiger charge is 2.30. The van der Waals surface area contributed by atoms with Crippen LogP contribution in [0, 0.1) is 17.2 Å². The number of carbonyl (C=O) groups excluding carboxylic acids is 1. The molecule has 7 nitrogen and oxygen atoms in total. The van der Waals surface area contributed by atoms with Crippen LogP contribution in [-0.2, 0) is 4.74 Å². The zero-order valence-corrected chi connectivity index (χ0v) is 14.7. The highest BCUT2D eigenvalue weighted by atomic mass is 16.6. The number of nitrogens with one attached hydrogen (secondary N) is 1. The Morgan fingerprint density at radius 2 is 2.21 bits per heavy atom. The number of nitrogens with zero attached hydrogens (tertiary/aromatic N) is 4. The Labute approximate surface area is 143 Å². The van der Waals surface area contributed by atoms with Crippen molar-refractivity contribution >= 4 is 11.9 Å². The predicted octanol–water partition coefficient (Wildman–Crippen LogP) is 2.48. The summed E-state index contributed by atoms with van der Waals surface area (Å²) < 4.78 is 5.30. The van der Waals surface area contributed by atoms with Crippen molar-refractivity contribution in [2.45, 2.75) is 52.2 Å². The van der Waals surface area contributed by atoms with Crippen LogP contribution in [-0.4, -0.2) is 41.0 Å². The molecule has 24 heavy (non-hydrogen) atoms. The molecule has 0 bridgehead atoms. The maximum absolute atomic E-state index is 11.9. The molecule has 1 aliphatic heterocycles. The largest absolute Gasteiger partial charge is 0.444 e. The van der Waals surface area contributed by atoms with E-state index in [0.29, 0.717) is 18.2 Å². The molecule has 1 aliphatic rings. The van der Waals surface area contributed by atoms with Crippen molar-refractivity contribution in [1.82, 2.24) is 15.5 Å². The quantitative estimate of drug-likeness (QED) is 0.915. The van der Waals surface area contributed by atoms with Gasteiger partial charge in [-0.15, -0.1) is 10.2 Å². The normalized spacial score (nSPS) is 21.0. The topological polar surface area (TPSA) is 91.1 Å². The Balaban J connectivity index is 2.05. The third-order valence-electron chi connectivity index (χ3n) is 4.03. The second-order valence-corrected chi connectivity index (χ2v) is 7.15. The summed E-state index contributed by atoms with van der Waals surface area (Å²) in [6, 6.07) is 5.57. The Morgan fingerprint density at radius 1 is 1.46 bits per heavy atom. The van der Waals surface area contributed by atoms with Gasteiger partial charge in [-0.25, -0.2) is 4.79 Å². The maximum Gasteiger partial charge on any atom is 0.407 e. The molecule has 0 aromatic carbocycles. The van der Waals surface area contributed by atoms with Gasteiger partial charge in [0.15, 0.2) is 11.5 Å². The number of alkyl carbamates (subject to hydrolysis) is 1. The lowest BCUT2D eigenvalue weighted by Gasteiger charge is -2.40. The fraction of sp³-hybridized carbons (Fsp3) is 0.647. The number of aromatic nitrogens is 2. The van der Waals surface area contributed by atoms with Crippen LogP contribution in [0.2, 0.25) is 0 Å². The fourth-order valence-corrected chi connectivity index (χ4v) is 2.88. The molecule has 0 radical (unpaired) electrons. The molecule has 0 saturated carbocycles. The van der Waals surface area contributed by atoms with Gasteiger partial charge in [-0.05, 0) is 51.7 Å². The number of anilines is 1. The molecule has 0 aliphatic carbocycles. The second-order valence-electron chi connectivity index (χ2n) is 7.15. The minimum absolute atomic E-state index is 0.119. The van der Waals surface area contributed by atoms with Gasteiger partial charge in [0.1, 0.15) is 11.7 Å². The van der Waals surface area contributed by atoms with Crippen LogP contribution in [0.5, 0.6) is 0 Å². The smallest absolute Gasteiger partial charge is 0.407 e. The molecule has 1 aromatic rings. The molecular formula is C17H25N5O2. The van der Waals surface area contributed by atoms with Crippen molar-refractivity contribution in [3.05, 3.63) is 17.8 Å². The third kappa shape index (κ3) is 4.82. The van der Waals surface area contributed by atoms with Crippen LogP contribution in [0.25, 0.3) is 0 Å². The lowest BCUT2D eigenvalue weighted by molar-refractivity contribution is 0.0519. The molecular weight excluding hydrogens is 306 g/mol. The number of carbonyl (C=O) groups is 1. The standard InChI is InChI=1S/C17H25N5O2/c1-12-6-5-9-22(15-8-7-13(10-18)20-21-15)14(12)11-19-16(23)24-17(2,3)4/h7-8,12,14H,5-6,9,11H2,1-4H3,(H,19,23). The Kier molecular flexibility index (Phi) is 5.60. The number of amides is 1. The molecule has 130 valence electrons. The zero-order chi connectivity index (χ0) is 17.7. The van der Waals surface area contributed by atoms with Crippen LogP contribution in [0.15, 0.2) is 12.1 Å². The number of ether oxygens (including phenoxy) is 1. The molecule has 7 heteroatoms. The summed E-state index contributed by atoms with van der Waals surface area (Å²) in [4.78, 5) is 14.1. The SMILES string of the molecule is CC1CCCN(c2ccc(C#N)nn2)C1CNC(=O)OC(C)(C)C. The molecule has 1 amide bonds. The van der Waals surface area contributed by atoms with Gasteiger partial charge in [0.05, 0.1) is 6.04 Å². The monoisotopic (exact) mass is 331 g/mol. The van der Waals surface area contributed by atoms with Crippen molar-refractivity contribution in [1.29, 1.82) is 5.26 Å². The van der Waals surface area contributed by atoms with Gasteiger partial charge in [-0.2, -0.15) is 5.26 Å². The van der Waals surface area contributed by atoms with Gasteiger partial charge in [-0.1, -0.05) is 6.92 Å². The van der Waals surface area contributed by atoms with Crippen LogP contribution in [0.3, 0.4) is 0 Å². The Morgan fingerprint density at radius 3 is 2.79 bits per heavy atom. The fourth-order valence-electron chi connectivity index (χ4n) is 2.88. The van der Waals surface area contributed by atoms with Crippen molar-refractivity contribution in [2.24, 2.45) is 5.92 Å². The molecule has 2 atom stereocenters. The van der Waals surface area contributed by atoms with Gasteiger partial charge in [0.2, 0.25) is 0 Å². The average Bonchev–Trinajstić information content (AvgIpc) is 2.52. The van der Waals surface area contributed by atoms with Gasteiger partial charge >= 0.3 is 6.09 Å². The van der Waals surface area contributed by atoms with Gasteiger partial charge in [0.25, 0.3) is 0 Å². The molecule has 1 aromatic heterocycles. The van der Waals surface area contributed by atoms with E-state index in [9.17, 15) is 4.79 Å². The lowest BCUT2D eigenvalue weighted by atomic mass is 9.90. The zero-order valence-electron chi connectivity index (χ0n) is 14.7. The van der Waals surface area contributed by atoms with Gasteiger partial charge < -0.3 is 15.0 Å². The number of hydrogen-bond acceptors (Lipinski definition) is 6. The minimum atomic E-state index is -0.513. The summed E-state index contributed by atoms with van der Waals surface area (Å²) in [7, 11) is 0. The molecule has 2 heterocycles. The van der Waals surface area contributed by atoms with Crippen molar-refractivity contribution in [2.75, 3.05) is 18.0 Å². The molecule has 2 unspecified atom stereocenters. The lowest BCUT2D eigenvalue weighted by Crippen LogP contribution is -2.51. The summed E-state index contributed by atoms with van der Waals surface area (Å²) in [5.41, 5.74) is -0.215. The first-order valence-corrected chi connectivity index (χ1v) is 8.27. The van der Waals surface area contributed by atoms with Gasteiger partial charge in [-0.3, -0.25) is 0 Å². The van der Waals surface area contributed by atoms with E-state index in [4.69, 9.17) is 10.00 Å². The second kappa shape index (κ2) is 7.47. The third-order valence-corrected chi connectivity index (χ3v) is 4.03. The number of hydrogen-bond donors (Lipinski definition) is 1. The summed E-state index contributed by atoms with van der Waals surface area (Å²) in [6.07, 6.45) is 1.75. The van der Waals surface area contributed by atoms with Crippen LogP contribution < -0.4 is 10.2 Å². The predicted molar refractivity (Wildman–Crippen MR) is 90.5 cm³/mol. The van der Waals surface area contributed by atoms with E-state index in [1.54, 1.807) is 6.07 Å². The van der Waals surface area contributed by atoms with Crippen LogP contribution >= 0.6 is 0 Å². The van der Waals surface area contributed by atoms with E-state index in [2.05, 4.69) is 27.3 Å². The van der Waals surface area contributed by atoms with Crippen LogP contribution in [0.1, 0.15) is 46.2 Å². The van der Waals surface area contributed by atoms with E-state index in [1.807, 2.05) is 32.9 Å². The highest BCUT2D eigenvalue weighted by Crippen LogP contribution is 2.27. The maximum atomic E-state index is 11.9. The van der Waals surface area contributed by atoms with Crippen LogP contribution in [0.4, 0.5) is 10.6 Å². The minimum Gasteiger partial charge on any atom is -0.444 e. The average molecular weight is 331 g/mol. The van der Waals surface area contributed by atoms with E-state index >= 15 is 0 Å². The Hall–Kier alpha value is -2.36. The molecule has 1 saturated heterocycles. The Bertz CT molecular complexity index is 603. The summed E-state index contributed by atoms with van der Waals surface area (Å²) in [5.74, 6) is 1.14. The molecule has 1 N–H and O–H groups in total. The van der Waals surface area contributed by atoms with Crippen molar-refractivity contribution in [3.8, 4) is 6.07 Å². The van der Waals surface area contributed by atoms with Crippen molar-refractivity contribution in [3.63, 3.8) is 0 Å². The first-order valence-electron chi connectivity index (χ1n) is 8.27. The summed E-state index contributed by atoms with van der Waals surface area (Å²) >= 11 is 0. The molecule has 1 fully saturated rings. The van der Waals surface area contributed by atoms with E-state index in [1.165, 1.54) is 0 Å². The summed E-state index contributed by atoms with van der Waals surface area (Å²) in [5, 5.41) is 19.8. The summed E-state index contributed by atoms with van der Waals surface area (Å²) in [6.45, 7) is 9.03. The van der Waals surface area contributed by atoms with Gasteiger partial charge in [0, 0.05) is 13.1 Å². The number of piperidine rings is 1. The molecule has 2 rings (SSSR count). The number of rotatable bonds is 3. The number of nitriles is 1. The van der Waals surface area contributed by atoms with E-state index < -0.39 is 11.7 Å². The highest BCUT2D eigenvalue weighted by molar-refractivity contribution is 5.67. The first kappa shape index (κ1) is 18.0. The van der Waals surface area contributed by atoms with E-state index in [0.717, 1.165) is 25.2 Å². The van der Waals surface area contributed by atoms with E-state index in [-0.39, 0.29) is 6.04 Å². The molecule has 0 spiro atoms. The first-order chi connectivity index (χ1) is 11.3. The van der Waals surface area contributed by atoms with Crippen molar-refractivity contribution < 1.29 is 9.53 Å².